The predicted molar refractivity (Wildman–Crippen MR) is 85.7 cm³/mol. The minimum Gasteiger partial charge on any atom is -0.344 e. The van der Waals surface area contributed by atoms with Crippen molar-refractivity contribution >= 4 is 30.7 Å². The summed E-state index contributed by atoms with van der Waals surface area (Å²) >= 11 is 0. The van der Waals surface area contributed by atoms with Crippen LogP contribution in [0, 0.1) is 5.92 Å². The first kappa shape index (κ1) is 19.2. The van der Waals surface area contributed by atoms with Gasteiger partial charge in [0.25, 0.3) is 0 Å². The highest BCUT2D eigenvalue weighted by atomic mass is 35.5. The van der Waals surface area contributed by atoms with Gasteiger partial charge in [0.15, 0.2) is 0 Å². The molecule has 0 bridgehead atoms. The van der Waals surface area contributed by atoms with Gasteiger partial charge >= 0.3 is 0 Å². The number of rotatable bonds is 7. The fourth-order valence-electron chi connectivity index (χ4n) is 1.81. The molecule has 1 aromatic rings. The molecule has 4 nitrogen and oxygen atoms in total. The number of pyridine rings is 1. The molecular formula is C14H23Cl2N3O. The second kappa shape index (κ2) is 9.97. The zero-order valence-corrected chi connectivity index (χ0v) is 13.4. The molecule has 114 valence electrons. The van der Waals surface area contributed by atoms with Crippen LogP contribution in [0.3, 0.4) is 0 Å². The van der Waals surface area contributed by atoms with Crippen LogP contribution in [0.5, 0.6) is 0 Å². The summed E-state index contributed by atoms with van der Waals surface area (Å²) in [6.07, 6.45) is 7.09. The maximum absolute atomic E-state index is 11.8. The third-order valence-corrected chi connectivity index (χ3v) is 3.32. The fraction of sp³-hybridized carbons (Fsp3) is 0.571. The van der Waals surface area contributed by atoms with E-state index in [0.717, 1.165) is 25.4 Å². The number of likely N-dealkylation sites (N-methyl/N-ethyl adjacent to an activating group) is 1. The predicted octanol–water partition coefficient (Wildman–Crippen LogP) is 1.93. The molecule has 2 rings (SSSR count). The maximum Gasteiger partial charge on any atom is 0.236 e. The van der Waals surface area contributed by atoms with Gasteiger partial charge in [0.05, 0.1) is 6.54 Å². The summed E-state index contributed by atoms with van der Waals surface area (Å²) in [5, 5.41) is 3.22. The third kappa shape index (κ3) is 7.08. The van der Waals surface area contributed by atoms with E-state index >= 15 is 0 Å². The summed E-state index contributed by atoms with van der Waals surface area (Å²) in [4.78, 5) is 17.6. The van der Waals surface area contributed by atoms with E-state index in [4.69, 9.17) is 0 Å². The smallest absolute Gasteiger partial charge is 0.236 e. The van der Waals surface area contributed by atoms with Gasteiger partial charge in [0, 0.05) is 26.0 Å². The summed E-state index contributed by atoms with van der Waals surface area (Å²) < 4.78 is 0. The highest BCUT2D eigenvalue weighted by Crippen LogP contribution is 2.27. The first-order chi connectivity index (χ1) is 8.75. The molecule has 1 aliphatic rings. The van der Waals surface area contributed by atoms with Crippen molar-refractivity contribution in [3.05, 3.63) is 30.1 Å². The number of nitrogens with zero attached hydrogens (tertiary/aromatic N) is 2. The van der Waals surface area contributed by atoms with Crippen LogP contribution in [0.4, 0.5) is 0 Å². The highest BCUT2D eigenvalue weighted by Gasteiger charge is 2.20. The molecule has 0 saturated heterocycles. The molecular weight excluding hydrogens is 297 g/mol. The Morgan fingerprint density at radius 1 is 1.35 bits per heavy atom. The third-order valence-electron chi connectivity index (χ3n) is 3.32. The van der Waals surface area contributed by atoms with E-state index in [2.05, 4.69) is 10.3 Å². The molecule has 1 heterocycles. The van der Waals surface area contributed by atoms with Gasteiger partial charge < -0.3 is 10.2 Å². The molecule has 1 aromatic heterocycles. The molecule has 0 radical (unpaired) electrons. The molecule has 1 aliphatic carbocycles. The molecule has 0 unspecified atom stereocenters. The second-order valence-electron chi connectivity index (χ2n) is 5.00. The maximum atomic E-state index is 11.8. The average molecular weight is 320 g/mol. The van der Waals surface area contributed by atoms with Crippen LogP contribution in [0.15, 0.2) is 24.5 Å². The first-order valence-electron chi connectivity index (χ1n) is 6.59. The van der Waals surface area contributed by atoms with Crippen LogP contribution < -0.4 is 5.32 Å². The van der Waals surface area contributed by atoms with Crippen molar-refractivity contribution in [2.75, 3.05) is 26.7 Å². The van der Waals surface area contributed by atoms with Gasteiger partial charge in [-0.3, -0.25) is 9.78 Å². The largest absolute Gasteiger partial charge is 0.344 e. The molecule has 20 heavy (non-hydrogen) atoms. The van der Waals surface area contributed by atoms with Crippen LogP contribution in [-0.4, -0.2) is 42.5 Å². The van der Waals surface area contributed by atoms with Gasteiger partial charge in [-0.1, -0.05) is 0 Å². The van der Waals surface area contributed by atoms with Gasteiger partial charge in [-0.05, 0) is 49.4 Å². The summed E-state index contributed by atoms with van der Waals surface area (Å²) in [6, 6.07) is 3.98. The molecule has 1 N–H and O–H groups in total. The van der Waals surface area contributed by atoms with Crippen LogP contribution in [0.1, 0.15) is 18.4 Å². The van der Waals surface area contributed by atoms with Crippen molar-refractivity contribution in [1.29, 1.82) is 0 Å². The van der Waals surface area contributed by atoms with Crippen molar-refractivity contribution in [3.63, 3.8) is 0 Å². The Bertz CT molecular complexity index is 385. The molecule has 0 aliphatic heterocycles. The van der Waals surface area contributed by atoms with Crippen molar-refractivity contribution in [3.8, 4) is 0 Å². The van der Waals surface area contributed by atoms with E-state index < -0.39 is 0 Å². The minimum absolute atomic E-state index is 0. The topological polar surface area (TPSA) is 45.2 Å². The van der Waals surface area contributed by atoms with Crippen LogP contribution in [-0.2, 0) is 11.2 Å². The van der Waals surface area contributed by atoms with Gasteiger partial charge in [-0.15, -0.1) is 24.8 Å². The molecule has 1 amide bonds. The molecule has 1 saturated carbocycles. The Balaban J connectivity index is 0.00000180. The molecule has 0 spiro atoms. The summed E-state index contributed by atoms with van der Waals surface area (Å²) in [5.41, 5.74) is 1.22. The SMILES string of the molecule is CN(CCc1ccncc1)C(=O)CNCC1CC1.Cl.Cl. The Kier molecular flexibility index (Phi) is 9.55. The Hall–Kier alpha value is -0.840. The summed E-state index contributed by atoms with van der Waals surface area (Å²) in [5.74, 6) is 0.990. The second-order valence-corrected chi connectivity index (χ2v) is 5.00. The first-order valence-corrected chi connectivity index (χ1v) is 6.59. The van der Waals surface area contributed by atoms with E-state index in [1.54, 1.807) is 17.3 Å². The van der Waals surface area contributed by atoms with Gasteiger partial charge in [0.1, 0.15) is 0 Å². The summed E-state index contributed by atoms with van der Waals surface area (Å²) in [7, 11) is 1.86. The zero-order valence-electron chi connectivity index (χ0n) is 11.7. The number of halogens is 2. The number of amides is 1. The highest BCUT2D eigenvalue weighted by molar-refractivity contribution is 5.85. The lowest BCUT2D eigenvalue weighted by atomic mass is 10.2. The lowest BCUT2D eigenvalue weighted by Crippen LogP contribution is -2.37. The van der Waals surface area contributed by atoms with Gasteiger partial charge in [-0.25, -0.2) is 0 Å². The van der Waals surface area contributed by atoms with E-state index in [-0.39, 0.29) is 30.7 Å². The lowest BCUT2D eigenvalue weighted by molar-refractivity contribution is -0.128. The zero-order chi connectivity index (χ0) is 12.8. The quantitative estimate of drug-likeness (QED) is 0.835. The van der Waals surface area contributed by atoms with Crippen molar-refractivity contribution < 1.29 is 4.79 Å². The lowest BCUT2D eigenvalue weighted by Gasteiger charge is -2.17. The van der Waals surface area contributed by atoms with Crippen molar-refractivity contribution in [2.24, 2.45) is 5.92 Å². The standard InChI is InChI=1S/C14H21N3O.2ClH/c1-17(9-6-12-4-7-15-8-5-12)14(18)11-16-10-13-2-3-13;;/h4-5,7-8,13,16H,2-3,6,9-11H2,1H3;2*1H. The van der Waals surface area contributed by atoms with Crippen molar-refractivity contribution in [1.82, 2.24) is 15.2 Å². The molecule has 0 aromatic carbocycles. The molecule has 6 heteroatoms. The molecule has 0 atom stereocenters. The number of hydrogen-bond donors (Lipinski definition) is 1. The number of nitrogens with one attached hydrogen (secondary N) is 1. The Morgan fingerprint density at radius 2 is 2.00 bits per heavy atom. The van der Waals surface area contributed by atoms with E-state index in [0.29, 0.717) is 6.54 Å². The number of carbonyl (C=O) groups excluding carboxylic acids is 1. The number of aromatic nitrogens is 1. The van der Waals surface area contributed by atoms with E-state index in [1.165, 1.54) is 18.4 Å². The summed E-state index contributed by atoms with van der Waals surface area (Å²) in [6.45, 7) is 2.21. The van der Waals surface area contributed by atoms with Crippen LogP contribution >= 0.6 is 24.8 Å². The van der Waals surface area contributed by atoms with Gasteiger partial charge in [0.2, 0.25) is 5.91 Å². The number of hydrogen-bond acceptors (Lipinski definition) is 3. The van der Waals surface area contributed by atoms with E-state index in [9.17, 15) is 4.79 Å². The minimum atomic E-state index is 0. The molecule has 1 fully saturated rings. The monoisotopic (exact) mass is 319 g/mol. The van der Waals surface area contributed by atoms with E-state index in [1.807, 2.05) is 19.2 Å². The van der Waals surface area contributed by atoms with Crippen LogP contribution in [0.2, 0.25) is 0 Å². The van der Waals surface area contributed by atoms with Crippen molar-refractivity contribution in [2.45, 2.75) is 19.3 Å². The fourth-order valence-corrected chi connectivity index (χ4v) is 1.81. The number of carbonyl (C=O) groups is 1. The van der Waals surface area contributed by atoms with Gasteiger partial charge in [-0.2, -0.15) is 0 Å². The normalized spacial score (nSPS) is 13.1. The Labute approximate surface area is 133 Å². The average Bonchev–Trinajstić information content (AvgIpc) is 3.21. The van der Waals surface area contributed by atoms with Crippen LogP contribution in [0.25, 0.3) is 0 Å². The Morgan fingerprint density at radius 3 is 2.60 bits per heavy atom.